The van der Waals surface area contributed by atoms with Crippen LogP contribution in [0.4, 0.5) is 0 Å². The molecule has 3 rings (SSSR count). The number of nitrogens with one attached hydrogen (secondary N) is 1. The van der Waals surface area contributed by atoms with Crippen LogP contribution < -0.4 is 19.6 Å². The van der Waals surface area contributed by atoms with Crippen molar-refractivity contribution in [1.82, 2.24) is 5.43 Å². The van der Waals surface area contributed by atoms with E-state index in [0.717, 1.165) is 26.7 Å². The molecule has 0 aliphatic carbocycles. The molecular formula is C28H31BrN2O4. The summed E-state index contributed by atoms with van der Waals surface area (Å²) in [5, 5.41) is 4.04. The summed E-state index contributed by atoms with van der Waals surface area (Å²) in [6.07, 6.45) is 1.55. The van der Waals surface area contributed by atoms with E-state index in [0.29, 0.717) is 23.9 Å². The van der Waals surface area contributed by atoms with E-state index in [4.69, 9.17) is 14.2 Å². The minimum Gasteiger partial charge on any atom is -0.493 e. The number of aryl methyl sites for hydroxylation is 2. The fraction of sp³-hybridized carbons (Fsp3) is 0.286. The molecule has 0 radical (unpaired) electrons. The molecule has 0 aliphatic rings. The van der Waals surface area contributed by atoms with Crippen LogP contribution in [-0.4, -0.2) is 25.8 Å². The van der Waals surface area contributed by atoms with E-state index in [1.807, 2.05) is 43.3 Å². The smallest absolute Gasteiger partial charge is 0.277 e. The fourth-order valence-corrected chi connectivity index (χ4v) is 3.69. The van der Waals surface area contributed by atoms with Gasteiger partial charge in [-0.15, -0.1) is 0 Å². The number of carbonyl (C=O) groups excluding carboxylic acids is 1. The van der Waals surface area contributed by atoms with E-state index in [-0.39, 0.29) is 18.4 Å². The Balaban J connectivity index is 1.55. The fourth-order valence-electron chi connectivity index (χ4n) is 3.33. The third-order valence-corrected chi connectivity index (χ3v) is 6.23. The molecule has 1 amide bonds. The first-order chi connectivity index (χ1) is 16.8. The lowest BCUT2D eigenvalue weighted by Gasteiger charge is -2.15. The number of hydrogen-bond acceptors (Lipinski definition) is 5. The summed E-state index contributed by atoms with van der Waals surface area (Å²) in [4.78, 5) is 12.3. The average Bonchev–Trinajstić information content (AvgIpc) is 2.84. The molecule has 0 unspecified atom stereocenters. The van der Waals surface area contributed by atoms with Gasteiger partial charge in [-0.25, -0.2) is 5.43 Å². The van der Waals surface area contributed by atoms with Crippen molar-refractivity contribution in [2.24, 2.45) is 5.10 Å². The molecule has 1 N–H and O–H groups in total. The van der Waals surface area contributed by atoms with Gasteiger partial charge in [0.15, 0.2) is 18.1 Å². The summed E-state index contributed by atoms with van der Waals surface area (Å²) < 4.78 is 18.2. The highest BCUT2D eigenvalue weighted by molar-refractivity contribution is 9.10. The minimum atomic E-state index is -0.346. The van der Waals surface area contributed by atoms with E-state index >= 15 is 0 Å². The number of methoxy groups -OCH3 is 1. The van der Waals surface area contributed by atoms with Crippen LogP contribution in [0.1, 0.15) is 47.6 Å². The Morgan fingerprint density at radius 3 is 2.43 bits per heavy atom. The highest BCUT2D eigenvalue weighted by atomic mass is 79.9. The van der Waals surface area contributed by atoms with Crippen LogP contribution in [0.2, 0.25) is 0 Å². The molecule has 0 fully saturated rings. The first-order valence-corrected chi connectivity index (χ1v) is 12.2. The van der Waals surface area contributed by atoms with Crippen molar-refractivity contribution in [3.05, 3.63) is 86.9 Å². The molecule has 0 saturated carbocycles. The van der Waals surface area contributed by atoms with Gasteiger partial charge in [-0.1, -0.05) is 59.6 Å². The monoisotopic (exact) mass is 538 g/mol. The summed E-state index contributed by atoms with van der Waals surface area (Å²) in [5.41, 5.74) is 7.63. The normalized spacial score (nSPS) is 11.1. The molecule has 0 atom stereocenters. The van der Waals surface area contributed by atoms with E-state index in [1.165, 1.54) is 5.56 Å². The molecule has 7 heteroatoms. The predicted molar refractivity (Wildman–Crippen MR) is 143 cm³/mol. The maximum absolute atomic E-state index is 12.3. The lowest BCUT2D eigenvalue weighted by atomic mass is 10.0. The lowest BCUT2D eigenvalue weighted by molar-refractivity contribution is -0.123. The number of rotatable bonds is 10. The van der Waals surface area contributed by atoms with Crippen molar-refractivity contribution in [2.75, 3.05) is 13.7 Å². The van der Waals surface area contributed by atoms with Crippen LogP contribution in [0.15, 0.2) is 64.2 Å². The Morgan fingerprint density at radius 1 is 1.00 bits per heavy atom. The molecule has 0 aliphatic heterocycles. The van der Waals surface area contributed by atoms with Crippen LogP contribution in [0.3, 0.4) is 0 Å². The van der Waals surface area contributed by atoms with Crippen LogP contribution in [0, 0.1) is 13.8 Å². The van der Waals surface area contributed by atoms with E-state index in [9.17, 15) is 4.79 Å². The van der Waals surface area contributed by atoms with Crippen molar-refractivity contribution in [3.8, 4) is 17.2 Å². The molecule has 0 aromatic heterocycles. The molecule has 0 spiro atoms. The Morgan fingerprint density at radius 2 is 1.74 bits per heavy atom. The van der Waals surface area contributed by atoms with Gasteiger partial charge >= 0.3 is 0 Å². The van der Waals surface area contributed by atoms with Crippen molar-refractivity contribution in [2.45, 2.75) is 40.2 Å². The van der Waals surface area contributed by atoms with Crippen molar-refractivity contribution in [3.63, 3.8) is 0 Å². The predicted octanol–water partition coefficient (Wildman–Crippen LogP) is 6.31. The van der Waals surface area contributed by atoms with Gasteiger partial charge in [-0.3, -0.25) is 4.79 Å². The molecule has 3 aromatic rings. The zero-order valence-corrected chi connectivity index (χ0v) is 22.3. The van der Waals surface area contributed by atoms with Gasteiger partial charge in [0.1, 0.15) is 12.4 Å². The van der Waals surface area contributed by atoms with Gasteiger partial charge in [-0.05, 0) is 72.4 Å². The third-order valence-electron chi connectivity index (χ3n) is 5.38. The number of hydrogen-bond donors (Lipinski definition) is 1. The maximum Gasteiger partial charge on any atom is 0.277 e. The quantitative estimate of drug-likeness (QED) is 0.242. The molecular weight excluding hydrogens is 508 g/mol. The zero-order valence-electron chi connectivity index (χ0n) is 20.7. The average molecular weight is 539 g/mol. The Hall–Kier alpha value is -3.32. The summed E-state index contributed by atoms with van der Waals surface area (Å²) in [7, 11) is 1.59. The number of nitrogens with zero attached hydrogens (tertiary/aromatic N) is 1. The SMILES string of the molecule is COc1cc(/C=N/NC(=O)COc2cc(C)c(Br)cc2C(C)C)ccc1OCc1ccc(C)cc1. The van der Waals surface area contributed by atoms with Gasteiger partial charge in [-0.2, -0.15) is 5.10 Å². The number of carbonyl (C=O) groups is 1. The number of benzene rings is 3. The van der Waals surface area contributed by atoms with Gasteiger partial charge in [0, 0.05) is 4.47 Å². The third kappa shape index (κ3) is 7.59. The van der Waals surface area contributed by atoms with Crippen LogP contribution in [-0.2, 0) is 11.4 Å². The van der Waals surface area contributed by atoms with Gasteiger partial charge in [0.2, 0.25) is 0 Å². The maximum atomic E-state index is 12.3. The molecule has 0 bridgehead atoms. The summed E-state index contributed by atoms with van der Waals surface area (Å²) in [6, 6.07) is 17.6. The summed E-state index contributed by atoms with van der Waals surface area (Å²) >= 11 is 3.55. The Labute approximate surface area is 215 Å². The topological polar surface area (TPSA) is 69.2 Å². The number of hydrazone groups is 1. The second-order valence-corrected chi connectivity index (χ2v) is 9.41. The number of halogens is 1. The number of ether oxygens (including phenoxy) is 3. The Kier molecular flexibility index (Phi) is 9.32. The molecule has 35 heavy (non-hydrogen) atoms. The van der Waals surface area contributed by atoms with Gasteiger partial charge < -0.3 is 14.2 Å². The molecule has 184 valence electrons. The second-order valence-electron chi connectivity index (χ2n) is 8.56. The second kappa shape index (κ2) is 12.4. The lowest BCUT2D eigenvalue weighted by Crippen LogP contribution is -2.25. The molecule has 3 aromatic carbocycles. The molecule has 0 heterocycles. The van der Waals surface area contributed by atoms with E-state index in [2.05, 4.69) is 59.4 Å². The highest BCUT2D eigenvalue weighted by Crippen LogP contribution is 2.32. The van der Waals surface area contributed by atoms with Crippen molar-refractivity contribution in [1.29, 1.82) is 0 Å². The summed E-state index contributed by atoms with van der Waals surface area (Å²) in [5.74, 6) is 1.84. The van der Waals surface area contributed by atoms with Gasteiger partial charge in [0.25, 0.3) is 5.91 Å². The summed E-state index contributed by atoms with van der Waals surface area (Å²) in [6.45, 7) is 8.51. The first-order valence-electron chi connectivity index (χ1n) is 11.4. The van der Waals surface area contributed by atoms with Crippen molar-refractivity contribution < 1.29 is 19.0 Å². The van der Waals surface area contributed by atoms with Crippen molar-refractivity contribution >= 4 is 28.1 Å². The minimum absolute atomic E-state index is 0.132. The van der Waals surface area contributed by atoms with Crippen LogP contribution >= 0.6 is 15.9 Å². The highest BCUT2D eigenvalue weighted by Gasteiger charge is 2.12. The standard InChI is InChI=1S/C28H31BrN2O4/c1-18(2)23-14-24(29)20(4)12-26(23)35-17-28(32)31-30-15-22-10-11-25(27(13-22)33-5)34-16-21-8-6-19(3)7-9-21/h6-15,18H,16-17H2,1-5H3,(H,31,32)/b30-15+. The van der Waals surface area contributed by atoms with E-state index < -0.39 is 0 Å². The first kappa shape index (κ1) is 26.3. The largest absolute Gasteiger partial charge is 0.493 e. The van der Waals surface area contributed by atoms with E-state index in [1.54, 1.807) is 19.4 Å². The number of amides is 1. The van der Waals surface area contributed by atoms with Crippen LogP contribution in [0.5, 0.6) is 17.2 Å². The zero-order chi connectivity index (χ0) is 25.4. The molecule has 0 saturated heterocycles. The van der Waals surface area contributed by atoms with Crippen LogP contribution in [0.25, 0.3) is 0 Å². The van der Waals surface area contributed by atoms with Gasteiger partial charge in [0.05, 0.1) is 13.3 Å². The Bertz CT molecular complexity index is 1190. The molecule has 6 nitrogen and oxygen atoms in total.